The van der Waals surface area contributed by atoms with Crippen molar-refractivity contribution in [2.75, 3.05) is 4.90 Å². The van der Waals surface area contributed by atoms with Crippen molar-refractivity contribution >= 4 is 70.4 Å². The lowest BCUT2D eigenvalue weighted by atomic mass is 9.94. The molecule has 10 rings (SSSR count). The molecule has 10 aromatic rings. The molecule has 0 fully saturated rings. The molecule has 258 valence electrons. The minimum absolute atomic E-state index is 1.13. The Kier molecular flexibility index (Phi) is 7.71. The standard InChI is InChI=1S/C51H38N2S/c1-33-24-26-38(27-25-33)52(40-28-34(2)50(35(3)29-40)36-14-5-4-6-15-36)41-31-45(51-46(32-41)44-20-9-12-23-49(44)54-51)37-16-13-17-39(30-37)53-47-21-10-7-18-42(47)43-19-8-11-22-48(43)53/h4-32H,1-3H3. The molecule has 0 aliphatic heterocycles. The Balaban J connectivity index is 1.22. The Hall–Kier alpha value is -6.42. The molecule has 8 aromatic carbocycles. The van der Waals surface area contributed by atoms with E-state index in [1.807, 2.05) is 11.3 Å². The van der Waals surface area contributed by atoms with E-state index in [4.69, 9.17) is 0 Å². The van der Waals surface area contributed by atoms with E-state index in [1.165, 1.54) is 80.9 Å². The smallest absolute Gasteiger partial charge is 0.0541 e. The number of fused-ring (bicyclic) bond motifs is 6. The maximum absolute atomic E-state index is 2.44. The molecular weight excluding hydrogens is 673 g/mol. The van der Waals surface area contributed by atoms with E-state index in [-0.39, 0.29) is 0 Å². The predicted octanol–water partition coefficient (Wildman–Crippen LogP) is 14.9. The molecule has 0 saturated carbocycles. The largest absolute Gasteiger partial charge is 0.310 e. The number of rotatable bonds is 6. The molecule has 54 heavy (non-hydrogen) atoms. The number of para-hydroxylation sites is 2. The van der Waals surface area contributed by atoms with Gasteiger partial charge in [0.15, 0.2) is 0 Å². The maximum atomic E-state index is 2.44. The van der Waals surface area contributed by atoms with Gasteiger partial charge in [0.1, 0.15) is 0 Å². The van der Waals surface area contributed by atoms with Crippen LogP contribution in [-0.4, -0.2) is 4.57 Å². The van der Waals surface area contributed by atoms with E-state index in [2.05, 4.69) is 206 Å². The lowest BCUT2D eigenvalue weighted by Gasteiger charge is -2.28. The highest BCUT2D eigenvalue weighted by atomic mass is 32.1. The van der Waals surface area contributed by atoms with Crippen molar-refractivity contribution in [2.45, 2.75) is 20.8 Å². The van der Waals surface area contributed by atoms with Gasteiger partial charge in [-0.05, 0) is 115 Å². The summed E-state index contributed by atoms with van der Waals surface area (Å²) in [5.41, 5.74) is 15.7. The molecule has 0 saturated heterocycles. The first-order chi connectivity index (χ1) is 26.5. The summed E-state index contributed by atoms with van der Waals surface area (Å²) in [5.74, 6) is 0. The van der Waals surface area contributed by atoms with Crippen LogP contribution in [0.15, 0.2) is 176 Å². The van der Waals surface area contributed by atoms with Gasteiger partial charge in [-0.1, -0.05) is 115 Å². The van der Waals surface area contributed by atoms with Crippen LogP contribution in [0.2, 0.25) is 0 Å². The average molecular weight is 711 g/mol. The Morgan fingerprint density at radius 3 is 1.74 bits per heavy atom. The van der Waals surface area contributed by atoms with Crippen LogP contribution in [0.1, 0.15) is 16.7 Å². The highest BCUT2D eigenvalue weighted by Crippen LogP contribution is 2.47. The maximum Gasteiger partial charge on any atom is 0.0541 e. The lowest BCUT2D eigenvalue weighted by Crippen LogP contribution is -2.11. The van der Waals surface area contributed by atoms with Crippen molar-refractivity contribution in [1.29, 1.82) is 0 Å². The van der Waals surface area contributed by atoms with Gasteiger partial charge in [-0.3, -0.25) is 0 Å². The third-order valence-corrected chi connectivity index (χ3v) is 12.1. The molecule has 0 aliphatic rings. The third-order valence-electron chi connectivity index (χ3n) is 10.8. The summed E-state index contributed by atoms with van der Waals surface area (Å²) in [6.07, 6.45) is 0. The highest BCUT2D eigenvalue weighted by Gasteiger charge is 2.21. The molecule has 0 radical (unpaired) electrons. The van der Waals surface area contributed by atoms with Gasteiger partial charge >= 0.3 is 0 Å². The van der Waals surface area contributed by atoms with E-state index in [0.29, 0.717) is 0 Å². The summed E-state index contributed by atoms with van der Waals surface area (Å²) in [5, 5.41) is 5.10. The number of nitrogens with zero attached hydrogens (tertiary/aromatic N) is 2. The van der Waals surface area contributed by atoms with Gasteiger partial charge in [0.25, 0.3) is 0 Å². The van der Waals surface area contributed by atoms with Gasteiger partial charge in [0.2, 0.25) is 0 Å². The molecule has 0 aliphatic carbocycles. The fourth-order valence-corrected chi connectivity index (χ4v) is 9.66. The van der Waals surface area contributed by atoms with Crippen LogP contribution in [0.4, 0.5) is 17.1 Å². The topological polar surface area (TPSA) is 8.17 Å². The Morgan fingerprint density at radius 2 is 1.04 bits per heavy atom. The second-order valence-corrected chi connectivity index (χ2v) is 15.4. The van der Waals surface area contributed by atoms with Crippen LogP contribution in [0.25, 0.3) is 69.9 Å². The second-order valence-electron chi connectivity index (χ2n) is 14.4. The molecule has 2 heterocycles. The zero-order chi connectivity index (χ0) is 36.3. The van der Waals surface area contributed by atoms with Crippen molar-refractivity contribution in [3.05, 3.63) is 193 Å². The van der Waals surface area contributed by atoms with E-state index in [1.54, 1.807) is 0 Å². The number of aryl methyl sites for hydroxylation is 3. The van der Waals surface area contributed by atoms with Crippen molar-refractivity contribution in [1.82, 2.24) is 4.57 Å². The molecule has 2 nitrogen and oxygen atoms in total. The van der Waals surface area contributed by atoms with Gasteiger partial charge in [-0.2, -0.15) is 0 Å². The van der Waals surface area contributed by atoms with Crippen LogP contribution in [0.3, 0.4) is 0 Å². The lowest BCUT2D eigenvalue weighted by molar-refractivity contribution is 1.18. The Bertz CT molecular complexity index is 2940. The minimum Gasteiger partial charge on any atom is -0.310 e. The van der Waals surface area contributed by atoms with Crippen LogP contribution in [0, 0.1) is 20.8 Å². The van der Waals surface area contributed by atoms with Gasteiger partial charge in [-0.25, -0.2) is 0 Å². The highest BCUT2D eigenvalue weighted by molar-refractivity contribution is 7.26. The van der Waals surface area contributed by atoms with Gasteiger partial charge < -0.3 is 9.47 Å². The number of thiophene rings is 1. The number of benzene rings is 8. The first kappa shape index (κ1) is 32.2. The predicted molar refractivity (Wildman–Crippen MR) is 233 cm³/mol. The molecule has 0 spiro atoms. The molecule has 0 atom stereocenters. The zero-order valence-corrected chi connectivity index (χ0v) is 31.4. The summed E-state index contributed by atoms with van der Waals surface area (Å²) in [6.45, 7) is 6.64. The summed E-state index contributed by atoms with van der Waals surface area (Å²) in [6, 6.07) is 64.7. The Morgan fingerprint density at radius 1 is 0.444 bits per heavy atom. The van der Waals surface area contributed by atoms with Gasteiger partial charge in [0.05, 0.1) is 11.0 Å². The fourth-order valence-electron chi connectivity index (χ4n) is 8.44. The fraction of sp³-hybridized carbons (Fsp3) is 0.0588. The second kappa shape index (κ2) is 12.9. The molecule has 0 unspecified atom stereocenters. The van der Waals surface area contributed by atoms with Crippen LogP contribution in [-0.2, 0) is 0 Å². The SMILES string of the molecule is Cc1ccc(N(c2cc(C)c(-c3ccccc3)c(C)c2)c2cc(-c3cccc(-n4c5ccccc5c5ccccc54)c3)c3sc4ccccc4c3c2)cc1. The van der Waals surface area contributed by atoms with Crippen LogP contribution in [0.5, 0.6) is 0 Å². The molecule has 0 bridgehead atoms. The number of aromatic nitrogens is 1. The van der Waals surface area contributed by atoms with E-state index in [9.17, 15) is 0 Å². The zero-order valence-electron chi connectivity index (χ0n) is 30.5. The van der Waals surface area contributed by atoms with E-state index >= 15 is 0 Å². The molecule has 2 aromatic heterocycles. The van der Waals surface area contributed by atoms with Crippen molar-refractivity contribution < 1.29 is 0 Å². The first-order valence-electron chi connectivity index (χ1n) is 18.6. The Labute approximate surface area is 319 Å². The summed E-state index contributed by atoms with van der Waals surface area (Å²) in [4.78, 5) is 2.44. The number of hydrogen-bond acceptors (Lipinski definition) is 2. The number of hydrogen-bond donors (Lipinski definition) is 0. The molecule has 0 N–H and O–H groups in total. The molecule has 3 heteroatoms. The average Bonchev–Trinajstić information content (AvgIpc) is 3.75. The minimum atomic E-state index is 1.13. The van der Waals surface area contributed by atoms with Crippen molar-refractivity contribution in [3.63, 3.8) is 0 Å². The summed E-state index contributed by atoms with van der Waals surface area (Å²) in [7, 11) is 0. The molecule has 0 amide bonds. The molecular formula is C51H38N2S. The van der Waals surface area contributed by atoms with Gasteiger partial charge in [-0.15, -0.1) is 11.3 Å². The third kappa shape index (κ3) is 5.31. The monoisotopic (exact) mass is 710 g/mol. The normalized spacial score (nSPS) is 11.6. The van der Waals surface area contributed by atoms with Crippen molar-refractivity contribution in [2.24, 2.45) is 0 Å². The van der Waals surface area contributed by atoms with Gasteiger partial charge in [0, 0.05) is 59.3 Å². The summed E-state index contributed by atoms with van der Waals surface area (Å²) >= 11 is 1.88. The first-order valence-corrected chi connectivity index (χ1v) is 19.4. The van der Waals surface area contributed by atoms with E-state index < -0.39 is 0 Å². The van der Waals surface area contributed by atoms with Crippen LogP contribution >= 0.6 is 11.3 Å². The van der Waals surface area contributed by atoms with E-state index in [0.717, 1.165) is 22.7 Å². The summed E-state index contributed by atoms with van der Waals surface area (Å²) < 4.78 is 5.01. The number of anilines is 3. The van der Waals surface area contributed by atoms with Crippen molar-refractivity contribution in [3.8, 4) is 27.9 Å². The quantitative estimate of drug-likeness (QED) is 0.167. The van der Waals surface area contributed by atoms with Crippen LogP contribution < -0.4 is 4.90 Å².